The molecule has 13 rings (SSSR count). The lowest BCUT2D eigenvalue weighted by Crippen LogP contribution is -1.94. The number of aromatic amines is 1. The fourth-order valence-electron chi connectivity index (χ4n) is 9.33. The first-order valence-corrected chi connectivity index (χ1v) is 24.3. The van der Waals surface area contributed by atoms with E-state index in [-0.39, 0.29) is 0 Å². The van der Waals surface area contributed by atoms with Crippen molar-refractivity contribution in [2.45, 2.75) is 0 Å². The molecule has 0 aliphatic rings. The zero-order valence-electron chi connectivity index (χ0n) is 36.4. The maximum absolute atomic E-state index is 10.6. The van der Waals surface area contributed by atoms with E-state index < -0.39 is 0 Å². The van der Waals surface area contributed by atoms with Crippen molar-refractivity contribution in [3.8, 4) is 50.9 Å². The molecule has 0 amide bonds. The summed E-state index contributed by atoms with van der Waals surface area (Å²) in [6.45, 7) is 0. The highest BCUT2D eigenvalue weighted by molar-refractivity contribution is 14.1. The van der Waals surface area contributed by atoms with Crippen LogP contribution in [0, 0.1) is 7.14 Å². The lowest BCUT2D eigenvalue weighted by Gasteiger charge is -2.11. The number of nitrogens with zero attached hydrogens (tertiary/aromatic N) is 2. The number of hydrogen-bond donors (Lipinski definition) is 4. The van der Waals surface area contributed by atoms with Gasteiger partial charge in [-0.05, 0) is 171 Å². The van der Waals surface area contributed by atoms with E-state index in [1.807, 2.05) is 72.8 Å². The van der Waals surface area contributed by atoms with Crippen LogP contribution < -0.4 is 0 Å². The summed E-state index contributed by atoms with van der Waals surface area (Å²) in [5.74, 6) is 0.921. The first kappa shape index (κ1) is 43.1. The average molecular weight is 1110 g/mol. The van der Waals surface area contributed by atoms with Gasteiger partial charge in [-0.25, -0.2) is 0 Å². The number of benzene rings is 10. The number of fused-ring (bicyclic) bond motifs is 9. The van der Waals surface area contributed by atoms with Crippen molar-refractivity contribution in [1.29, 1.82) is 0 Å². The number of halogens is 2. The van der Waals surface area contributed by atoms with E-state index in [9.17, 15) is 15.3 Å². The van der Waals surface area contributed by atoms with Gasteiger partial charge < -0.3 is 29.4 Å². The van der Waals surface area contributed by atoms with Gasteiger partial charge in [-0.2, -0.15) is 0 Å². The van der Waals surface area contributed by atoms with Crippen molar-refractivity contribution in [2.24, 2.45) is 0 Å². The average Bonchev–Trinajstić information content (AvgIpc) is 4.05. The number of aromatic nitrogens is 3. The minimum atomic E-state index is 0.294. The molecule has 10 aromatic carbocycles. The van der Waals surface area contributed by atoms with Crippen LogP contribution in [0.1, 0.15) is 0 Å². The summed E-state index contributed by atoms with van der Waals surface area (Å²) in [6.07, 6.45) is 0. The summed E-state index contributed by atoms with van der Waals surface area (Å²) in [5.41, 5.74) is 13.0. The molecular weight excluding hydrogens is 1060 g/mol. The van der Waals surface area contributed by atoms with Crippen LogP contribution in [0.3, 0.4) is 0 Å². The lowest BCUT2D eigenvalue weighted by molar-refractivity contribution is 0.481. The molecule has 328 valence electrons. The van der Waals surface area contributed by atoms with Crippen LogP contribution in [0.25, 0.3) is 99.0 Å². The molecule has 68 heavy (non-hydrogen) atoms. The number of rotatable bonds is 4. The summed E-state index contributed by atoms with van der Waals surface area (Å²) in [4.78, 5) is 3.26. The highest BCUT2D eigenvalue weighted by Crippen LogP contribution is 2.39. The highest BCUT2D eigenvalue weighted by atomic mass is 127. The molecule has 3 aromatic heterocycles. The second-order valence-corrected chi connectivity index (χ2v) is 19.0. The van der Waals surface area contributed by atoms with E-state index in [1.54, 1.807) is 18.2 Å². The molecule has 4 N–H and O–H groups in total. The zero-order valence-corrected chi connectivity index (χ0v) is 40.7. The van der Waals surface area contributed by atoms with Crippen molar-refractivity contribution >= 4 is 111 Å². The van der Waals surface area contributed by atoms with Gasteiger partial charge in [0.05, 0.1) is 27.6 Å². The van der Waals surface area contributed by atoms with Crippen LogP contribution in [0.5, 0.6) is 17.2 Å². The maximum Gasteiger partial charge on any atom is 0.125 e. The van der Waals surface area contributed by atoms with Gasteiger partial charge in [-0.1, -0.05) is 121 Å². The number of phenols is 3. The third kappa shape index (κ3) is 7.99. The maximum atomic E-state index is 10.6. The van der Waals surface area contributed by atoms with Crippen molar-refractivity contribution < 1.29 is 15.3 Å². The monoisotopic (exact) mass is 1110 g/mol. The highest BCUT2D eigenvalue weighted by Gasteiger charge is 2.17. The van der Waals surface area contributed by atoms with Crippen LogP contribution >= 0.6 is 45.2 Å². The predicted octanol–water partition coefficient (Wildman–Crippen LogP) is 16.5. The van der Waals surface area contributed by atoms with E-state index in [1.165, 1.54) is 18.3 Å². The fraction of sp³-hybridized carbons (Fsp3) is 0. The Labute approximate surface area is 419 Å². The smallest absolute Gasteiger partial charge is 0.125 e. The van der Waals surface area contributed by atoms with Gasteiger partial charge in [0.15, 0.2) is 0 Å². The van der Waals surface area contributed by atoms with Crippen LogP contribution in [-0.2, 0) is 0 Å². The predicted molar refractivity (Wildman–Crippen MR) is 299 cm³/mol. The van der Waals surface area contributed by atoms with Gasteiger partial charge in [0.25, 0.3) is 0 Å². The third-order valence-electron chi connectivity index (χ3n) is 12.5. The first-order valence-electron chi connectivity index (χ1n) is 22.1. The Morgan fingerprint density at radius 2 is 0.632 bits per heavy atom. The van der Waals surface area contributed by atoms with Gasteiger partial charge >= 0.3 is 0 Å². The number of para-hydroxylation sites is 3. The molecule has 13 aromatic rings. The van der Waals surface area contributed by atoms with Crippen LogP contribution in [0.2, 0.25) is 0 Å². The SMILES string of the molecule is Ic1ccc(-c2ccc(I)cc2)cc1.Oc1cccc2[nH]c3ccccc3c12.Oc1cccc2c1c1ccccc1n2-c1ccc(-c2ccc(-n3c4ccccc4c4c(O)cccc43)cc2)cc1. The van der Waals surface area contributed by atoms with Crippen LogP contribution in [0.4, 0.5) is 0 Å². The molecule has 0 unspecified atom stereocenters. The molecule has 0 bridgehead atoms. The summed E-state index contributed by atoms with van der Waals surface area (Å²) in [7, 11) is 0. The third-order valence-corrected chi connectivity index (χ3v) is 13.9. The Balaban J connectivity index is 0.000000146. The minimum Gasteiger partial charge on any atom is -0.507 e. The summed E-state index contributed by atoms with van der Waals surface area (Å²) < 4.78 is 6.96. The number of aromatic hydroxyl groups is 3. The van der Waals surface area contributed by atoms with Crippen molar-refractivity contribution in [1.82, 2.24) is 14.1 Å². The van der Waals surface area contributed by atoms with Gasteiger partial charge in [0.2, 0.25) is 0 Å². The second kappa shape index (κ2) is 18.3. The fourth-order valence-corrected chi connectivity index (χ4v) is 10.0. The molecule has 0 atom stereocenters. The van der Waals surface area contributed by atoms with Crippen LogP contribution in [0.15, 0.2) is 224 Å². The number of phenolic OH excluding ortho intramolecular Hbond substituents is 3. The Morgan fingerprint density at radius 1 is 0.294 bits per heavy atom. The van der Waals surface area contributed by atoms with E-state index in [4.69, 9.17) is 0 Å². The Bertz CT molecular complexity index is 3740. The first-order chi connectivity index (χ1) is 33.3. The quantitative estimate of drug-likeness (QED) is 0.132. The molecule has 3 heterocycles. The van der Waals surface area contributed by atoms with E-state index in [0.29, 0.717) is 17.2 Å². The molecule has 0 aliphatic carbocycles. The number of nitrogens with one attached hydrogen (secondary N) is 1. The number of H-pyrrole nitrogens is 1. The minimum absolute atomic E-state index is 0.294. The molecule has 0 spiro atoms. The van der Waals surface area contributed by atoms with Crippen molar-refractivity contribution in [3.05, 3.63) is 232 Å². The molecule has 8 heteroatoms. The summed E-state index contributed by atoms with van der Waals surface area (Å²) in [5, 5.41) is 36.8. The van der Waals surface area contributed by atoms with Gasteiger partial charge in [0.1, 0.15) is 17.2 Å². The number of hydrogen-bond acceptors (Lipinski definition) is 3. The van der Waals surface area contributed by atoms with Crippen LogP contribution in [-0.4, -0.2) is 29.4 Å². The molecule has 0 radical (unpaired) electrons. The van der Waals surface area contributed by atoms with Gasteiger partial charge in [-0.15, -0.1) is 0 Å². The second-order valence-electron chi connectivity index (χ2n) is 16.5. The van der Waals surface area contributed by atoms with E-state index in [2.05, 4.69) is 193 Å². The summed E-state index contributed by atoms with van der Waals surface area (Å²) >= 11 is 4.64. The van der Waals surface area contributed by atoms with Gasteiger partial charge in [0, 0.05) is 56.3 Å². The van der Waals surface area contributed by atoms with Crippen molar-refractivity contribution in [2.75, 3.05) is 0 Å². The standard InChI is InChI=1S/C36H24N2O2.C12H8I2.C12H9NO/c39-33-13-5-11-31-35(33)27-7-1-3-9-29(27)37(31)25-19-15-23(16-20-25)24-17-21-26(22-18-24)38-30-10-4-2-8-28(30)36-32(38)12-6-14-34(36)40;13-11-5-1-9(2-6-11)10-3-7-12(14)8-4-10;14-11-7-3-6-10-12(11)8-4-1-2-5-9(8)13-10/h1-22,39-40H;1-8H;1-7,13-14H. The Hall–Kier alpha value is -7.54. The van der Waals surface area contributed by atoms with Crippen molar-refractivity contribution in [3.63, 3.8) is 0 Å². The van der Waals surface area contributed by atoms with E-state index >= 15 is 0 Å². The topological polar surface area (TPSA) is 86.3 Å². The molecular formula is C60H41I2N3O3. The molecule has 0 aliphatic heterocycles. The molecule has 0 saturated heterocycles. The van der Waals surface area contributed by atoms with E-state index in [0.717, 1.165) is 87.9 Å². The normalized spacial score (nSPS) is 11.3. The largest absolute Gasteiger partial charge is 0.507 e. The Kier molecular flexibility index (Phi) is 11.6. The molecule has 6 nitrogen and oxygen atoms in total. The summed E-state index contributed by atoms with van der Waals surface area (Å²) in [6, 6.07) is 75.5. The lowest BCUT2D eigenvalue weighted by atomic mass is 10.0. The molecule has 0 fully saturated rings. The Morgan fingerprint density at radius 3 is 1.09 bits per heavy atom. The van der Waals surface area contributed by atoms with Gasteiger partial charge in [-0.3, -0.25) is 0 Å². The zero-order chi connectivity index (χ0) is 46.3. The molecule has 0 saturated carbocycles.